The largest absolute Gasteiger partial charge is 0.452 e. The fourth-order valence-corrected chi connectivity index (χ4v) is 2.45. The fraction of sp³-hybridized carbons (Fsp3) is 0.429. The van der Waals surface area contributed by atoms with E-state index in [2.05, 4.69) is 15.9 Å². The Morgan fingerprint density at radius 2 is 1.95 bits per heavy atom. The van der Waals surface area contributed by atoms with Gasteiger partial charge in [0.05, 0.1) is 5.56 Å². The Labute approximate surface area is 125 Å². The summed E-state index contributed by atoms with van der Waals surface area (Å²) in [6, 6.07) is 4.00. The van der Waals surface area contributed by atoms with Crippen LogP contribution in [0.25, 0.3) is 0 Å². The SMILES string of the molecule is O=C(OCC(=O)N1CCCCC1)c1cc(Br)ccc1F. The first kappa shape index (κ1) is 15.0. The standard InChI is InChI=1S/C14H15BrFNO3/c15-10-4-5-12(16)11(8-10)14(19)20-9-13(18)17-6-2-1-3-7-17/h4-5,8H,1-3,6-7,9H2. The molecule has 1 aliphatic heterocycles. The van der Waals surface area contributed by atoms with Gasteiger partial charge in [-0.25, -0.2) is 9.18 Å². The highest BCUT2D eigenvalue weighted by atomic mass is 79.9. The number of hydrogen-bond acceptors (Lipinski definition) is 3. The maximum absolute atomic E-state index is 13.5. The van der Waals surface area contributed by atoms with Crippen LogP contribution in [0.3, 0.4) is 0 Å². The van der Waals surface area contributed by atoms with Crippen LogP contribution in [0.15, 0.2) is 22.7 Å². The second kappa shape index (κ2) is 6.83. The van der Waals surface area contributed by atoms with Gasteiger partial charge in [-0.15, -0.1) is 0 Å². The number of ether oxygens (including phenoxy) is 1. The smallest absolute Gasteiger partial charge is 0.341 e. The molecule has 20 heavy (non-hydrogen) atoms. The first-order valence-corrected chi connectivity index (χ1v) is 7.27. The van der Waals surface area contributed by atoms with Gasteiger partial charge in [-0.05, 0) is 37.5 Å². The molecule has 2 rings (SSSR count). The predicted octanol–water partition coefficient (Wildman–Crippen LogP) is 2.76. The molecule has 0 spiro atoms. The minimum atomic E-state index is -0.825. The summed E-state index contributed by atoms with van der Waals surface area (Å²) in [6.45, 7) is 1.05. The molecule has 1 amide bonds. The molecule has 4 nitrogen and oxygen atoms in total. The number of rotatable bonds is 3. The lowest BCUT2D eigenvalue weighted by molar-refractivity contribution is -0.135. The summed E-state index contributed by atoms with van der Waals surface area (Å²) in [4.78, 5) is 25.3. The maximum Gasteiger partial charge on any atom is 0.341 e. The summed E-state index contributed by atoms with van der Waals surface area (Å²) in [6.07, 6.45) is 3.06. The van der Waals surface area contributed by atoms with Gasteiger partial charge >= 0.3 is 5.97 Å². The van der Waals surface area contributed by atoms with Crippen molar-refractivity contribution in [2.45, 2.75) is 19.3 Å². The van der Waals surface area contributed by atoms with E-state index in [-0.39, 0.29) is 18.1 Å². The van der Waals surface area contributed by atoms with Crippen LogP contribution in [-0.4, -0.2) is 36.5 Å². The van der Waals surface area contributed by atoms with Crippen molar-refractivity contribution in [2.75, 3.05) is 19.7 Å². The highest BCUT2D eigenvalue weighted by molar-refractivity contribution is 9.10. The number of amides is 1. The number of piperidine rings is 1. The second-order valence-electron chi connectivity index (χ2n) is 4.64. The molecule has 1 saturated heterocycles. The molecule has 6 heteroatoms. The van der Waals surface area contributed by atoms with E-state index < -0.39 is 11.8 Å². The lowest BCUT2D eigenvalue weighted by Gasteiger charge is -2.26. The Kier molecular flexibility index (Phi) is 5.11. The highest BCUT2D eigenvalue weighted by Gasteiger charge is 2.20. The zero-order valence-electron chi connectivity index (χ0n) is 10.9. The van der Waals surface area contributed by atoms with Crippen molar-refractivity contribution in [3.05, 3.63) is 34.1 Å². The van der Waals surface area contributed by atoms with Gasteiger partial charge in [-0.1, -0.05) is 15.9 Å². The Balaban J connectivity index is 1.91. The monoisotopic (exact) mass is 343 g/mol. The number of esters is 1. The van der Waals surface area contributed by atoms with E-state index in [1.54, 1.807) is 4.90 Å². The molecule has 0 aliphatic carbocycles. The van der Waals surface area contributed by atoms with E-state index >= 15 is 0 Å². The third-order valence-electron chi connectivity index (χ3n) is 3.18. The molecule has 1 heterocycles. The van der Waals surface area contributed by atoms with Crippen LogP contribution in [0.1, 0.15) is 29.6 Å². The lowest BCUT2D eigenvalue weighted by atomic mass is 10.1. The molecule has 1 fully saturated rings. The van der Waals surface area contributed by atoms with Crippen molar-refractivity contribution >= 4 is 27.8 Å². The average Bonchev–Trinajstić information content (AvgIpc) is 2.47. The van der Waals surface area contributed by atoms with E-state index in [1.165, 1.54) is 18.2 Å². The molecule has 1 aromatic rings. The molecule has 0 atom stereocenters. The molecular weight excluding hydrogens is 329 g/mol. The first-order chi connectivity index (χ1) is 9.58. The summed E-state index contributed by atoms with van der Waals surface area (Å²) in [5.41, 5.74) is -0.175. The summed E-state index contributed by atoms with van der Waals surface area (Å²) in [5.74, 6) is -1.72. The van der Waals surface area contributed by atoms with Gasteiger partial charge in [0.2, 0.25) is 0 Å². The maximum atomic E-state index is 13.5. The van der Waals surface area contributed by atoms with E-state index in [0.717, 1.165) is 19.3 Å². The molecule has 0 N–H and O–H groups in total. The molecule has 0 bridgehead atoms. The minimum Gasteiger partial charge on any atom is -0.452 e. The number of nitrogens with zero attached hydrogens (tertiary/aromatic N) is 1. The van der Waals surface area contributed by atoms with Gasteiger partial charge in [0.1, 0.15) is 5.82 Å². The fourth-order valence-electron chi connectivity index (χ4n) is 2.09. The number of carbonyl (C=O) groups excluding carboxylic acids is 2. The third kappa shape index (κ3) is 3.79. The molecule has 1 aliphatic rings. The molecule has 108 valence electrons. The molecule has 1 aromatic carbocycles. The van der Waals surface area contributed by atoms with Gasteiger partial charge < -0.3 is 9.64 Å². The zero-order valence-corrected chi connectivity index (χ0v) is 12.5. The Morgan fingerprint density at radius 1 is 1.25 bits per heavy atom. The number of halogens is 2. The van der Waals surface area contributed by atoms with Crippen LogP contribution in [0.2, 0.25) is 0 Å². The zero-order chi connectivity index (χ0) is 14.5. The van der Waals surface area contributed by atoms with E-state index in [9.17, 15) is 14.0 Å². The number of likely N-dealkylation sites (tertiary alicyclic amines) is 1. The molecule has 0 unspecified atom stereocenters. The van der Waals surface area contributed by atoms with Crippen molar-refractivity contribution in [3.63, 3.8) is 0 Å². The minimum absolute atomic E-state index is 0.175. The van der Waals surface area contributed by atoms with Gasteiger partial charge in [0.25, 0.3) is 5.91 Å². The Morgan fingerprint density at radius 3 is 2.65 bits per heavy atom. The van der Waals surface area contributed by atoms with Crippen molar-refractivity contribution in [3.8, 4) is 0 Å². The van der Waals surface area contributed by atoms with Crippen molar-refractivity contribution in [1.82, 2.24) is 4.90 Å². The van der Waals surface area contributed by atoms with Gasteiger partial charge in [0, 0.05) is 17.6 Å². The van der Waals surface area contributed by atoms with E-state index in [1.807, 2.05) is 0 Å². The number of carbonyl (C=O) groups is 2. The topological polar surface area (TPSA) is 46.6 Å². The second-order valence-corrected chi connectivity index (χ2v) is 5.56. The summed E-state index contributed by atoms with van der Waals surface area (Å²) in [7, 11) is 0. The van der Waals surface area contributed by atoms with Crippen LogP contribution in [-0.2, 0) is 9.53 Å². The predicted molar refractivity (Wildman–Crippen MR) is 74.8 cm³/mol. The van der Waals surface area contributed by atoms with E-state index in [4.69, 9.17) is 4.74 Å². The van der Waals surface area contributed by atoms with Crippen LogP contribution >= 0.6 is 15.9 Å². The number of hydrogen-bond donors (Lipinski definition) is 0. The summed E-state index contributed by atoms with van der Waals surface area (Å²) < 4.78 is 18.9. The summed E-state index contributed by atoms with van der Waals surface area (Å²) in [5, 5.41) is 0. The van der Waals surface area contributed by atoms with Crippen LogP contribution in [0.5, 0.6) is 0 Å². The van der Waals surface area contributed by atoms with E-state index in [0.29, 0.717) is 17.6 Å². The quantitative estimate of drug-likeness (QED) is 0.793. The third-order valence-corrected chi connectivity index (χ3v) is 3.68. The normalized spacial score (nSPS) is 15.0. The summed E-state index contributed by atoms with van der Waals surface area (Å²) >= 11 is 3.16. The van der Waals surface area contributed by atoms with Gasteiger partial charge in [0.15, 0.2) is 6.61 Å². The Bertz CT molecular complexity index is 515. The molecular formula is C14H15BrFNO3. The highest BCUT2D eigenvalue weighted by Crippen LogP contribution is 2.16. The molecule has 0 aromatic heterocycles. The Hall–Kier alpha value is -1.43. The molecule has 0 saturated carbocycles. The van der Waals surface area contributed by atoms with Gasteiger partial charge in [-0.2, -0.15) is 0 Å². The van der Waals surface area contributed by atoms with Crippen molar-refractivity contribution < 1.29 is 18.7 Å². The van der Waals surface area contributed by atoms with Crippen LogP contribution in [0.4, 0.5) is 4.39 Å². The molecule has 0 radical (unpaired) electrons. The lowest BCUT2D eigenvalue weighted by Crippen LogP contribution is -2.38. The van der Waals surface area contributed by atoms with Crippen molar-refractivity contribution in [2.24, 2.45) is 0 Å². The van der Waals surface area contributed by atoms with Crippen LogP contribution < -0.4 is 0 Å². The van der Waals surface area contributed by atoms with Crippen LogP contribution in [0, 0.1) is 5.82 Å². The number of benzene rings is 1. The van der Waals surface area contributed by atoms with Gasteiger partial charge in [-0.3, -0.25) is 4.79 Å². The average molecular weight is 344 g/mol. The van der Waals surface area contributed by atoms with Crippen molar-refractivity contribution in [1.29, 1.82) is 0 Å². The first-order valence-electron chi connectivity index (χ1n) is 6.48.